The summed E-state index contributed by atoms with van der Waals surface area (Å²) in [6.07, 6.45) is 1.21. The second kappa shape index (κ2) is 5.77. The van der Waals surface area contributed by atoms with Crippen LogP contribution in [0.2, 0.25) is 0 Å². The summed E-state index contributed by atoms with van der Waals surface area (Å²) in [6, 6.07) is 14.3. The van der Waals surface area contributed by atoms with Crippen molar-refractivity contribution < 1.29 is 13.5 Å². The van der Waals surface area contributed by atoms with Crippen molar-refractivity contribution in [2.75, 3.05) is 6.26 Å². The van der Waals surface area contributed by atoms with Crippen molar-refractivity contribution in [3.05, 3.63) is 54.1 Å². The van der Waals surface area contributed by atoms with Crippen molar-refractivity contribution in [2.24, 2.45) is 0 Å². The molecule has 0 radical (unpaired) electrons. The van der Waals surface area contributed by atoms with Gasteiger partial charge in [-0.25, -0.2) is 8.42 Å². The molecule has 2 aromatic carbocycles. The van der Waals surface area contributed by atoms with Crippen molar-refractivity contribution >= 4 is 21.6 Å². The molecule has 0 saturated carbocycles. The summed E-state index contributed by atoms with van der Waals surface area (Å²) in [5.41, 5.74) is 0.834. The lowest BCUT2D eigenvalue weighted by atomic mass is 10.2. The fraction of sp³-hybridized carbons (Fsp3) is 0.143. The predicted molar refractivity (Wildman–Crippen MR) is 76.0 cm³/mol. The van der Waals surface area contributed by atoms with Gasteiger partial charge < -0.3 is 5.11 Å². The molecular weight excluding hydrogens is 280 g/mol. The minimum absolute atomic E-state index is 0.00483. The SMILES string of the molecule is CS(=O)(=O)c1ccccc1Sc1ccc(CO)cc1. The number of rotatable bonds is 4. The normalized spacial score (nSPS) is 11.5. The Morgan fingerprint density at radius 1 is 1.05 bits per heavy atom. The molecule has 0 aliphatic rings. The largest absolute Gasteiger partial charge is 0.392 e. The highest BCUT2D eigenvalue weighted by Crippen LogP contribution is 2.32. The second-order valence-electron chi connectivity index (χ2n) is 4.12. The topological polar surface area (TPSA) is 54.4 Å². The molecule has 0 fully saturated rings. The standard InChI is InChI=1S/C14H14O3S2/c1-19(16,17)14-5-3-2-4-13(14)18-12-8-6-11(10-15)7-9-12/h2-9,15H,10H2,1H3. The third kappa shape index (κ3) is 3.59. The molecule has 0 spiro atoms. The van der Waals surface area contributed by atoms with Gasteiger partial charge in [-0.2, -0.15) is 0 Å². The number of sulfone groups is 1. The molecule has 19 heavy (non-hydrogen) atoms. The molecule has 2 aromatic rings. The molecule has 0 aliphatic heterocycles. The summed E-state index contributed by atoms with van der Waals surface area (Å²) in [5.74, 6) is 0. The van der Waals surface area contributed by atoms with Gasteiger partial charge in [0.15, 0.2) is 9.84 Å². The highest BCUT2D eigenvalue weighted by Gasteiger charge is 2.13. The van der Waals surface area contributed by atoms with Crippen molar-refractivity contribution in [2.45, 2.75) is 21.3 Å². The fourth-order valence-electron chi connectivity index (χ4n) is 1.63. The first-order chi connectivity index (χ1) is 9.00. The van der Waals surface area contributed by atoms with Gasteiger partial charge in [-0.3, -0.25) is 0 Å². The summed E-state index contributed by atoms with van der Waals surface area (Å²) in [4.78, 5) is 1.99. The molecule has 0 atom stereocenters. The van der Waals surface area contributed by atoms with E-state index in [1.807, 2.05) is 30.3 Å². The molecule has 0 bridgehead atoms. The molecule has 2 rings (SSSR count). The zero-order chi connectivity index (χ0) is 13.9. The Balaban J connectivity index is 2.33. The van der Waals surface area contributed by atoms with Crippen LogP contribution in [0.25, 0.3) is 0 Å². The van der Waals surface area contributed by atoms with Gasteiger partial charge in [0.25, 0.3) is 0 Å². The third-order valence-electron chi connectivity index (χ3n) is 2.58. The van der Waals surface area contributed by atoms with Gasteiger partial charge in [0.2, 0.25) is 0 Å². The lowest BCUT2D eigenvalue weighted by Gasteiger charge is -2.07. The van der Waals surface area contributed by atoms with Crippen LogP contribution < -0.4 is 0 Å². The Bertz CT molecular complexity index is 661. The number of hydrogen-bond donors (Lipinski definition) is 1. The summed E-state index contributed by atoms with van der Waals surface area (Å²) >= 11 is 1.40. The van der Waals surface area contributed by atoms with E-state index in [1.54, 1.807) is 18.2 Å². The first-order valence-electron chi connectivity index (χ1n) is 5.67. The van der Waals surface area contributed by atoms with Crippen molar-refractivity contribution in [1.29, 1.82) is 0 Å². The Hall–Kier alpha value is -1.30. The van der Waals surface area contributed by atoms with E-state index in [9.17, 15) is 8.42 Å². The van der Waals surface area contributed by atoms with Gasteiger partial charge in [0.05, 0.1) is 11.5 Å². The van der Waals surface area contributed by atoms with Crippen LogP contribution in [0.4, 0.5) is 0 Å². The van der Waals surface area contributed by atoms with Crippen LogP contribution in [0.3, 0.4) is 0 Å². The molecular formula is C14H14O3S2. The first kappa shape index (κ1) is 14.1. The maximum absolute atomic E-state index is 11.7. The van der Waals surface area contributed by atoms with Gasteiger partial charge in [-0.15, -0.1) is 0 Å². The molecule has 0 unspecified atom stereocenters. The molecule has 0 amide bonds. The lowest BCUT2D eigenvalue weighted by Crippen LogP contribution is -1.98. The highest BCUT2D eigenvalue weighted by molar-refractivity contribution is 8.00. The minimum atomic E-state index is -3.23. The monoisotopic (exact) mass is 294 g/mol. The Morgan fingerprint density at radius 3 is 2.26 bits per heavy atom. The van der Waals surface area contributed by atoms with Crippen LogP contribution in [0.1, 0.15) is 5.56 Å². The van der Waals surface area contributed by atoms with Crippen LogP contribution in [0.15, 0.2) is 63.2 Å². The van der Waals surface area contributed by atoms with Crippen LogP contribution in [-0.4, -0.2) is 19.8 Å². The summed E-state index contributed by atoms with van der Waals surface area (Å²) in [7, 11) is -3.23. The van der Waals surface area contributed by atoms with Gasteiger partial charge in [-0.1, -0.05) is 36.0 Å². The van der Waals surface area contributed by atoms with Crippen LogP contribution in [-0.2, 0) is 16.4 Å². The fourth-order valence-corrected chi connectivity index (χ4v) is 3.81. The van der Waals surface area contributed by atoms with Crippen molar-refractivity contribution in [1.82, 2.24) is 0 Å². The van der Waals surface area contributed by atoms with E-state index >= 15 is 0 Å². The third-order valence-corrected chi connectivity index (χ3v) is 4.95. The summed E-state index contributed by atoms with van der Waals surface area (Å²) in [5, 5.41) is 8.98. The van der Waals surface area contributed by atoms with E-state index in [0.717, 1.165) is 10.5 Å². The first-order valence-corrected chi connectivity index (χ1v) is 8.38. The van der Waals surface area contributed by atoms with Crippen LogP contribution in [0, 0.1) is 0 Å². The Morgan fingerprint density at radius 2 is 1.68 bits per heavy atom. The summed E-state index contributed by atoms with van der Waals surface area (Å²) in [6.45, 7) is 0.00483. The predicted octanol–water partition coefficient (Wildman–Crippen LogP) is 2.73. The Labute approximate surface area is 117 Å². The average molecular weight is 294 g/mol. The molecule has 3 nitrogen and oxygen atoms in total. The molecule has 0 aliphatic carbocycles. The molecule has 1 N–H and O–H groups in total. The van der Waals surface area contributed by atoms with E-state index in [0.29, 0.717) is 9.79 Å². The maximum Gasteiger partial charge on any atom is 0.176 e. The quantitative estimate of drug-likeness (QED) is 0.942. The van der Waals surface area contributed by atoms with Gasteiger partial charge in [0, 0.05) is 16.0 Å². The zero-order valence-corrected chi connectivity index (χ0v) is 12.0. The van der Waals surface area contributed by atoms with Crippen molar-refractivity contribution in [3.63, 3.8) is 0 Å². The Kier molecular flexibility index (Phi) is 4.29. The smallest absolute Gasteiger partial charge is 0.176 e. The molecule has 0 aromatic heterocycles. The van der Waals surface area contributed by atoms with Gasteiger partial charge in [0.1, 0.15) is 0 Å². The molecule has 5 heteroatoms. The van der Waals surface area contributed by atoms with Crippen LogP contribution >= 0.6 is 11.8 Å². The van der Waals surface area contributed by atoms with Crippen molar-refractivity contribution in [3.8, 4) is 0 Å². The van der Waals surface area contributed by atoms with Gasteiger partial charge in [-0.05, 0) is 29.8 Å². The molecule has 0 saturated heterocycles. The van der Waals surface area contributed by atoms with E-state index in [4.69, 9.17) is 5.11 Å². The number of aliphatic hydroxyl groups is 1. The van der Waals surface area contributed by atoms with E-state index in [1.165, 1.54) is 18.0 Å². The zero-order valence-electron chi connectivity index (χ0n) is 10.4. The number of hydrogen-bond acceptors (Lipinski definition) is 4. The average Bonchev–Trinajstić information content (AvgIpc) is 2.39. The second-order valence-corrected chi connectivity index (χ2v) is 7.22. The number of aliphatic hydroxyl groups excluding tert-OH is 1. The van der Waals surface area contributed by atoms with Gasteiger partial charge >= 0.3 is 0 Å². The maximum atomic E-state index is 11.7. The minimum Gasteiger partial charge on any atom is -0.392 e. The lowest BCUT2D eigenvalue weighted by molar-refractivity contribution is 0.282. The summed E-state index contributed by atoms with van der Waals surface area (Å²) < 4.78 is 23.4. The van der Waals surface area contributed by atoms with E-state index < -0.39 is 9.84 Å². The van der Waals surface area contributed by atoms with Crippen LogP contribution in [0.5, 0.6) is 0 Å². The van der Waals surface area contributed by atoms with E-state index in [-0.39, 0.29) is 6.61 Å². The number of benzene rings is 2. The molecule has 0 heterocycles. The molecule has 100 valence electrons. The van der Waals surface area contributed by atoms with E-state index in [2.05, 4.69) is 0 Å². The highest BCUT2D eigenvalue weighted by atomic mass is 32.2.